The van der Waals surface area contributed by atoms with Crippen LogP contribution < -0.4 is 0 Å². The van der Waals surface area contributed by atoms with Gasteiger partial charge in [-0.05, 0) is 6.92 Å². The predicted octanol–water partition coefficient (Wildman–Crippen LogP) is 1.42. The second-order valence-corrected chi connectivity index (χ2v) is 1.59. The molecular weight excluding hydrogens is 116 g/mol. The average molecular weight is 126 g/mol. The fraction of sp³-hybridized carbons (Fsp3) is 0.400. The van der Waals surface area contributed by atoms with Crippen molar-refractivity contribution in [2.24, 2.45) is 5.22 Å². The van der Waals surface area contributed by atoms with Crippen molar-refractivity contribution in [1.29, 1.82) is 10.9 Å². The van der Waals surface area contributed by atoms with Crippen LogP contribution in [0.5, 0.6) is 0 Å². The van der Waals surface area contributed by atoms with Crippen LogP contribution in [0, 0.1) is 10.9 Å². The standard InChI is InChI=1S/C5H10N4/c1-3-5(2)9(4-6)8-7/h3-7H,1H2,2H3. The Morgan fingerprint density at radius 3 is 2.44 bits per heavy atom. The molecule has 0 aliphatic carbocycles. The Labute approximate surface area is 54.2 Å². The Hall–Kier alpha value is -1.19. The monoisotopic (exact) mass is 126 g/mol. The maximum Gasteiger partial charge on any atom is 0.105 e. The highest BCUT2D eigenvalue weighted by Crippen LogP contribution is 1.95. The summed E-state index contributed by atoms with van der Waals surface area (Å²) in [6, 6.07) is -0.0694. The smallest absolute Gasteiger partial charge is 0.105 e. The van der Waals surface area contributed by atoms with Crippen molar-refractivity contribution in [2.75, 3.05) is 0 Å². The summed E-state index contributed by atoms with van der Waals surface area (Å²) in [6.45, 7) is 5.29. The van der Waals surface area contributed by atoms with Gasteiger partial charge in [0.25, 0.3) is 0 Å². The second-order valence-electron chi connectivity index (χ2n) is 1.59. The Kier molecular flexibility index (Phi) is 3.27. The zero-order valence-electron chi connectivity index (χ0n) is 5.33. The Bertz CT molecular complexity index is 112. The summed E-state index contributed by atoms with van der Waals surface area (Å²) >= 11 is 0. The first-order valence-corrected chi connectivity index (χ1v) is 2.55. The number of hydrogen-bond donors (Lipinski definition) is 2. The van der Waals surface area contributed by atoms with Gasteiger partial charge in [-0.2, -0.15) is 5.53 Å². The lowest BCUT2D eigenvalue weighted by Gasteiger charge is -2.14. The molecule has 0 aromatic heterocycles. The lowest BCUT2D eigenvalue weighted by molar-refractivity contribution is 0.373. The molecule has 0 aromatic carbocycles. The lowest BCUT2D eigenvalue weighted by Crippen LogP contribution is -2.23. The maximum absolute atomic E-state index is 6.73. The molecule has 0 rings (SSSR count). The van der Waals surface area contributed by atoms with E-state index in [1.807, 2.05) is 0 Å². The van der Waals surface area contributed by atoms with Crippen LogP contribution in [0.1, 0.15) is 6.92 Å². The molecule has 0 fully saturated rings. The highest BCUT2D eigenvalue weighted by Gasteiger charge is 2.01. The van der Waals surface area contributed by atoms with E-state index in [1.165, 1.54) is 5.01 Å². The molecular formula is C5H10N4. The van der Waals surface area contributed by atoms with Gasteiger partial charge in [0.15, 0.2) is 0 Å². The Morgan fingerprint density at radius 2 is 2.33 bits per heavy atom. The molecule has 9 heavy (non-hydrogen) atoms. The Balaban J connectivity index is 3.92. The minimum Gasteiger partial charge on any atom is -0.290 e. The van der Waals surface area contributed by atoms with Crippen LogP contribution in [-0.2, 0) is 0 Å². The highest BCUT2D eigenvalue weighted by atomic mass is 15.5. The minimum absolute atomic E-state index is 0.0694. The van der Waals surface area contributed by atoms with E-state index in [9.17, 15) is 0 Å². The summed E-state index contributed by atoms with van der Waals surface area (Å²) in [7, 11) is 0. The van der Waals surface area contributed by atoms with E-state index in [1.54, 1.807) is 13.0 Å². The average Bonchev–Trinajstić information content (AvgIpc) is 1.90. The van der Waals surface area contributed by atoms with E-state index in [0.29, 0.717) is 0 Å². The molecule has 1 unspecified atom stereocenters. The van der Waals surface area contributed by atoms with Crippen molar-refractivity contribution in [1.82, 2.24) is 5.01 Å². The zero-order valence-corrected chi connectivity index (χ0v) is 5.33. The van der Waals surface area contributed by atoms with E-state index >= 15 is 0 Å². The van der Waals surface area contributed by atoms with Gasteiger partial charge in [-0.15, -0.1) is 6.58 Å². The SMILES string of the molecule is C=CC(C)N(C=N)N=N. The minimum atomic E-state index is -0.0694. The summed E-state index contributed by atoms with van der Waals surface area (Å²) in [5.41, 5.74) is 6.55. The van der Waals surface area contributed by atoms with E-state index in [2.05, 4.69) is 11.8 Å². The van der Waals surface area contributed by atoms with Crippen LogP contribution in [0.25, 0.3) is 0 Å². The summed E-state index contributed by atoms with van der Waals surface area (Å²) < 4.78 is 0. The first-order chi connectivity index (χ1) is 4.26. The molecule has 4 nitrogen and oxygen atoms in total. The van der Waals surface area contributed by atoms with Crippen LogP contribution in [0.4, 0.5) is 0 Å². The van der Waals surface area contributed by atoms with Crippen LogP contribution in [-0.4, -0.2) is 17.4 Å². The summed E-state index contributed by atoms with van der Waals surface area (Å²) in [5.74, 6) is 0. The van der Waals surface area contributed by atoms with Gasteiger partial charge in [0.1, 0.15) is 6.34 Å². The number of hydrogen-bond acceptors (Lipinski definition) is 3. The molecule has 4 heteroatoms. The van der Waals surface area contributed by atoms with E-state index < -0.39 is 0 Å². The molecule has 1 atom stereocenters. The van der Waals surface area contributed by atoms with E-state index in [4.69, 9.17) is 10.9 Å². The fourth-order valence-corrected chi connectivity index (χ4v) is 0.346. The molecule has 0 aliphatic rings. The second kappa shape index (κ2) is 3.77. The van der Waals surface area contributed by atoms with Gasteiger partial charge in [0.2, 0.25) is 0 Å². The summed E-state index contributed by atoms with van der Waals surface area (Å²) in [5, 5.41) is 11.0. The van der Waals surface area contributed by atoms with Crippen molar-refractivity contribution < 1.29 is 0 Å². The van der Waals surface area contributed by atoms with Gasteiger partial charge in [0.05, 0.1) is 6.04 Å². The molecule has 2 N–H and O–H groups in total. The summed E-state index contributed by atoms with van der Waals surface area (Å²) in [4.78, 5) is 0. The van der Waals surface area contributed by atoms with Crippen molar-refractivity contribution >= 4 is 6.34 Å². The molecule has 0 heterocycles. The third kappa shape index (κ3) is 2.03. The molecule has 0 bridgehead atoms. The largest absolute Gasteiger partial charge is 0.290 e. The van der Waals surface area contributed by atoms with Crippen molar-refractivity contribution in [3.8, 4) is 0 Å². The maximum atomic E-state index is 6.73. The number of nitrogens with zero attached hydrogens (tertiary/aromatic N) is 2. The fourth-order valence-electron chi connectivity index (χ4n) is 0.346. The molecule has 0 saturated carbocycles. The van der Waals surface area contributed by atoms with E-state index in [-0.39, 0.29) is 6.04 Å². The first-order valence-electron chi connectivity index (χ1n) is 2.55. The van der Waals surface area contributed by atoms with Crippen molar-refractivity contribution in [3.05, 3.63) is 12.7 Å². The first kappa shape index (κ1) is 7.81. The topological polar surface area (TPSA) is 63.3 Å². The van der Waals surface area contributed by atoms with Gasteiger partial charge >= 0.3 is 0 Å². The van der Waals surface area contributed by atoms with Crippen molar-refractivity contribution in [3.63, 3.8) is 0 Å². The quantitative estimate of drug-likeness (QED) is 0.193. The molecule has 0 spiro atoms. The third-order valence-electron chi connectivity index (χ3n) is 1.01. The van der Waals surface area contributed by atoms with Gasteiger partial charge in [-0.25, -0.2) is 5.01 Å². The van der Waals surface area contributed by atoms with Crippen LogP contribution in [0.2, 0.25) is 0 Å². The predicted molar refractivity (Wildman–Crippen MR) is 35.4 cm³/mol. The van der Waals surface area contributed by atoms with Crippen LogP contribution >= 0.6 is 0 Å². The number of nitrogens with one attached hydrogen (secondary N) is 2. The lowest BCUT2D eigenvalue weighted by atomic mass is 10.3. The normalized spacial score (nSPS) is 11.7. The van der Waals surface area contributed by atoms with Crippen LogP contribution in [0.15, 0.2) is 17.9 Å². The van der Waals surface area contributed by atoms with Gasteiger partial charge in [-0.1, -0.05) is 11.3 Å². The number of rotatable bonds is 4. The molecule has 50 valence electrons. The molecule has 0 aromatic rings. The molecule has 0 radical (unpaired) electrons. The van der Waals surface area contributed by atoms with Gasteiger partial charge in [-0.3, -0.25) is 5.41 Å². The van der Waals surface area contributed by atoms with Gasteiger partial charge in [0, 0.05) is 0 Å². The van der Waals surface area contributed by atoms with Crippen LogP contribution in [0.3, 0.4) is 0 Å². The zero-order chi connectivity index (χ0) is 7.28. The summed E-state index contributed by atoms with van der Waals surface area (Å²) in [6.07, 6.45) is 2.60. The Morgan fingerprint density at radius 1 is 1.78 bits per heavy atom. The molecule has 0 amide bonds. The third-order valence-corrected chi connectivity index (χ3v) is 1.01. The van der Waals surface area contributed by atoms with E-state index in [0.717, 1.165) is 6.34 Å². The highest BCUT2D eigenvalue weighted by molar-refractivity contribution is 5.50. The van der Waals surface area contributed by atoms with Crippen molar-refractivity contribution in [2.45, 2.75) is 13.0 Å². The molecule has 0 aliphatic heterocycles. The molecule has 0 saturated heterocycles. The van der Waals surface area contributed by atoms with Gasteiger partial charge < -0.3 is 0 Å².